The van der Waals surface area contributed by atoms with Crippen molar-refractivity contribution in [2.24, 2.45) is 0 Å². The van der Waals surface area contributed by atoms with E-state index in [0.717, 1.165) is 11.2 Å². The van der Waals surface area contributed by atoms with Crippen LogP contribution in [0.5, 0.6) is 0 Å². The van der Waals surface area contributed by atoms with Crippen LogP contribution < -0.4 is 0 Å². The topological polar surface area (TPSA) is 60.4 Å². The molecule has 0 N–H and O–H groups in total. The van der Waals surface area contributed by atoms with Crippen LogP contribution in [0.15, 0.2) is 41.5 Å². The van der Waals surface area contributed by atoms with Gasteiger partial charge >= 0.3 is 5.97 Å². The van der Waals surface area contributed by atoms with Crippen molar-refractivity contribution in [2.75, 3.05) is 11.5 Å². The van der Waals surface area contributed by atoms with Gasteiger partial charge in [0.25, 0.3) is 0 Å². The standard InChI is InChI=1S/C13H14O4S2/c1-2-18-12-9-19(15,16)8-11(12)17-13(14)10-6-4-3-5-7-10/h3-8,12H,2,9H2,1H3. The molecule has 1 aromatic rings. The van der Waals surface area contributed by atoms with Crippen molar-refractivity contribution in [2.45, 2.75) is 12.2 Å². The van der Waals surface area contributed by atoms with Crippen LogP contribution in [0.25, 0.3) is 0 Å². The molecule has 6 heteroatoms. The smallest absolute Gasteiger partial charge is 0.343 e. The van der Waals surface area contributed by atoms with Crippen LogP contribution in [-0.4, -0.2) is 31.1 Å². The Morgan fingerprint density at radius 1 is 1.37 bits per heavy atom. The summed E-state index contributed by atoms with van der Waals surface area (Å²) in [5, 5.41) is 0.781. The number of sulfone groups is 1. The lowest BCUT2D eigenvalue weighted by molar-refractivity contribution is 0.0621. The van der Waals surface area contributed by atoms with Gasteiger partial charge in [0, 0.05) is 0 Å². The third kappa shape index (κ3) is 3.61. The fraction of sp³-hybridized carbons (Fsp3) is 0.308. The summed E-state index contributed by atoms with van der Waals surface area (Å²) in [5.41, 5.74) is 0.410. The summed E-state index contributed by atoms with van der Waals surface area (Å²) in [7, 11) is -3.25. The van der Waals surface area contributed by atoms with Gasteiger partial charge in [0.15, 0.2) is 9.84 Å². The maximum absolute atomic E-state index is 11.9. The van der Waals surface area contributed by atoms with Gasteiger partial charge < -0.3 is 4.74 Å². The Labute approximate surface area is 116 Å². The average Bonchev–Trinajstić information content (AvgIpc) is 2.65. The summed E-state index contributed by atoms with van der Waals surface area (Å²) in [6, 6.07) is 8.53. The highest BCUT2D eigenvalue weighted by Crippen LogP contribution is 2.29. The molecule has 0 amide bonds. The molecular formula is C13H14O4S2. The summed E-state index contributed by atoms with van der Waals surface area (Å²) in [4.78, 5) is 11.9. The largest absolute Gasteiger partial charge is 0.425 e. The Morgan fingerprint density at radius 3 is 2.68 bits per heavy atom. The molecule has 1 aliphatic heterocycles. The molecule has 1 aliphatic rings. The molecule has 0 spiro atoms. The Bertz CT molecular complexity index is 590. The van der Waals surface area contributed by atoms with E-state index in [1.807, 2.05) is 6.92 Å². The van der Waals surface area contributed by atoms with Crippen LogP contribution in [-0.2, 0) is 14.6 Å². The molecule has 19 heavy (non-hydrogen) atoms. The van der Waals surface area contributed by atoms with Crippen molar-refractivity contribution >= 4 is 27.6 Å². The van der Waals surface area contributed by atoms with Crippen molar-refractivity contribution in [1.29, 1.82) is 0 Å². The number of thioether (sulfide) groups is 1. The zero-order chi connectivity index (χ0) is 13.9. The van der Waals surface area contributed by atoms with Gasteiger partial charge in [-0.05, 0) is 17.9 Å². The van der Waals surface area contributed by atoms with E-state index in [1.54, 1.807) is 30.3 Å². The van der Waals surface area contributed by atoms with Gasteiger partial charge in [-0.2, -0.15) is 0 Å². The number of carbonyl (C=O) groups is 1. The molecule has 1 heterocycles. The van der Waals surface area contributed by atoms with Crippen molar-refractivity contribution in [3.63, 3.8) is 0 Å². The molecule has 0 aromatic heterocycles. The molecule has 2 rings (SSSR count). The molecule has 1 unspecified atom stereocenters. The average molecular weight is 298 g/mol. The van der Waals surface area contributed by atoms with E-state index in [9.17, 15) is 13.2 Å². The van der Waals surface area contributed by atoms with Gasteiger partial charge in [0.1, 0.15) is 5.76 Å². The minimum Gasteiger partial charge on any atom is -0.425 e. The highest BCUT2D eigenvalue weighted by Gasteiger charge is 2.32. The first kappa shape index (κ1) is 14.1. The third-order valence-corrected chi connectivity index (χ3v) is 5.32. The quantitative estimate of drug-likeness (QED) is 0.798. The number of esters is 1. The monoisotopic (exact) mass is 298 g/mol. The molecule has 0 radical (unpaired) electrons. The van der Waals surface area contributed by atoms with Crippen molar-refractivity contribution in [3.05, 3.63) is 47.1 Å². The van der Waals surface area contributed by atoms with Gasteiger partial charge in [-0.25, -0.2) is 13.2 Å². The first-order valence-corrected chi connectivity index (χ1v) is 8.61. The highest BCUT2D eigenvalue weighted by molar-refractivity contribution is 8.02. The molecule has 0 saturated carbocycles. The molecule has 0 saturated heterocycles. The summed E-state index contributed by atoms with van der Waals surface area (Å²) >= 11 is 1.46. The van der Waals surface area contributed by atoms with E-state index in [1.165, 1.54) is 11.8 Å². The van der Waals surface area contributed by atoms with Gasteiger partial charge in [0.2, 0.25) is 0 Å². The maximum Gasteiger partial charge on any atom is 0.343 e. The second kappa shape index (κ2) is 5.79. The first-order chi connectivity index (χ1) is 9.02. The lowest BCUT2D eigenvalue weighted by Crippen LogP contribution is -2.15. The van der Waals surface area contributed by atoms with E-state index in [-0.39, 0.29) is 16.8 Å². The summed E-state index contributed by atoms with van der Waals surface area (Å²) < 4.78 is 28.3. The van der Waals surface area contributed by atoms with Crippen LogP contribution in [0.4, 0.5) is 0 Å². The molecule has 1 aromatic carbocycles. The number of hydrogen-bond acceptors (Lipinski definition) is 5. The minimum atomic E-state index is -3.25. The van der Waals surface area contributed by atoms with Gasteiger partial charge in [-0.1, -0.05) is 25.1 Å². The Kier molecular flexibility index (Phi) is 4.31. The van der Waals surface area contributed by atoms with E-state index < -0.39 is 15.8 Å². The van der Waals surface area contributed by atoms with Crippen LogP contribution in [0.2, 0.25) is 0 Å². The van der Waals surface area contributed by atoms with Crippen LogP contribution in [0.3, 0.4) is 0 Å². The predicted octanol–water partition coefficient (Wildman–Crippen LogP) is 2.23. The fourth-order valence-corrected chi connectivity index (χ4v) is 4.73. The lowest BCUT2D eigenvalue weighted by Gasteiger charge is -2.12. The summed E-state index contributed by atoms with van der Waals surface area (Å²) in [6.07, 6.45) is 0. The SMILES string of the molecule is CCSC1CS(=O)(=O)C=C1OC(=O)c1ccccc1. The third-order valence-electron chi connectivity index (χ3n) is 2.58. The highest BCUT2D eigenvalue weighted by atomic mass is 32.2. The van der Waals surface area contributed by atoms with Crippen LogP contribution in [0.1, 0.15) is 17.3 Å². The second-order valence-corrected chi connectivity index (χ2v) is 7.42. The molecule has 102 valence electrons. The second-order valence-electron chi connectivity index (χ2n) is 4.05. The van der Waals surface area contributed by atoms with E-state index in [0.29, 0.717) is 5.56 Å². The van der Waals surface area contributed by atoms with Crippen molar-refractivity contribution in [3.8, 4) is 0 Å². The number of carbonyl (C=O) groups excluding carboxylic acids is 1. The number of benzene rings is 1. The van der Waals surface area contributed by atoms with E-state index >= 15 is 0 Å². The molecule has 0 bridgehead atoms. The predicted molar refractivity (Wildman–Crippen MR) is 75.6 cm³/mol. The van der Waals surface area contributed by atoms with E-state index in [2.05, 4.69) is 0 Å². The number of hydrogen-bond donors (Lipinski definition) is 0. The number of rotatable bonds is 4. The minimum absolute atomic E-state index is 0.00289. The first-order valence-electron chi connectivity index (χ1n) is 5.85. The Hall–Kier alpha value is -1.27. The zero-order valence-electron chi connectivity index (χ0n) is 10.4. The maximum atomic E-state index is 11.9. The normalized spacial score (nSPS) is 20.9. The van der Waals surface area contributed by atoms with E-state index in [4.69, 9.17) is 4.74 Å². The summed E-state index contributed by atoms with van der Waals surface area (Å²) in [6.45, 7) is 1.94. The molecule has 0 fully saturated rings. The lowest BCUT2D eigenvalue weighted by atomic mass is 10.2. The molecule has 0 aliphatic carbocycles. The van der Waals surface area contributed by atoms with Gasteiger partial charge in [-0.15, -0.1) is 11.8 Å². The van der Waals surface area contributed by atoms with Gasteiger partial charge in [-0.3, -0.25) is 0 Å². The Morgan fingerprint density at radius 2 is 2.05 bits per heavy atom. The van der Waals surface area contributed by atoms with Crippen LogP contribution in [0, 0.1) is 0 Å². The fourth-order valence-electron chi connectivity index (χ4n) is 1.76. The molecule has 1 atom stereocenters. The van der Waals surface area contributed by atoms with Gasteiger partial charge in [0.05, 0.1) is 22.0 Å². The summed E-state index contributed by atoms with van der Waals surface area (Å²) in [5.74, 6) is 0.481. The molecular weight excluding hydrogens is 284 g/mol. The molecule has 4 nitrogen and oxygen atoms in total. The Balaban J connectivity index is 2.15. The van der Waals surface area contributed by atoms with Crippen molar-refractivity contribution in [1.82, 2.24) is 0 Å². The van der Waals surface area contributed by atoms with Crippen LogP contribution >= 0.6 is 11.8 Å². The van der Waals surface area contributed by atoms with Crippen molar-refractivity contribution < 1.29 is 17.9 Å². The zero-order valence-corrected chi connectivity index (χ0v) is 12.0. The number of ether oxygens (including phenoxy) is 1.